The molecule has 0 unspecified atom stereocenters. The van der Waals surface area contributed by atoms with E-state index in [-0.39, 0.29) is 17.8 Å². The molecule has 9 nitrogen and oxygen atoms in total. The van der Waals surface area contributed by atoms with Crippen molar-refractivity contribution in [2.24, 2.45) is 0 Å². The molecule has 2 aliphatic rings. The van der Waals surface area contributed by atoms with Crippen molar-refractivity contribution in [3.05, 3.63) is 30.5 Å². The molecule has 1 atom stereocenters. The van der Waals surface area contributed by atoms with Gasteiger partial charge in [-0.15, -0.1) is 0 Å². The lowest BCUT2D eigenvalue weighted by molar-refractivity contribution is 0.0216. The van der Waals surface area contributed by atoms with Crippen molar-refractivity contribution >= 4 is 28.8 Å². The maximum Gasteiger partial charge on any atom is 0.410 e. The van der Waals surface area contributed by atoms with Crippen LogP contribution in [0.2, 0.25) is 0 Å². The topological polar surface area (TPSA) is 118 Å². The van der Waals surface area contributed by atoms with Gasteiger partial charge in [0.25, 0.3) is 0 Å². The minimum absolute atomic E-state index is 0.105. The lowest BCUT2D eigenvalue weighted by Gasteiger charge is -2.31. The fourth-order valence-corrected chi connectivity index (χ4v) is 4.06. The van der Waals surface area contributed by atoms with Crippen LogP contribution in [0.15, 0.2) is 30.5 Å². The average Bonchev–Trinajstić information content (AvgIpc) is 2.79. The Bertz CT molecular complexity index is 985. The number of ether oxygens (including phenoxy) is 2. The SMILES string of the molecule is CC(C)(C)OC(=O)N1CCCCC1.Nc1nccc2cc(O[C@H]3CCCN(C(=O)O)C3)ccc12. The van der Waals surface area contributed by atoms with Gasteiger partial charge in [0.2, 0.25) is 0 Å². The number of nitrogens with zero attached hydrogens (tertiary/aromatic N) is 3. The Morgan fingerprint density at radius 3 is 2.44 bits per heavy atom. The summed E-state index contributed by atoms with van der Waals surface area (Å²) in [5.74, 6) is 1.22. The number of piperidine rings is 2. The van der Waals surface area contributed by atoms with E-state index in [2.05, 4.69) is 4.98 Å². The summed E-state index contributed by atoms with van der Waals surface area (Å²) < 4.78 is 11.2. The fourth-order valence-electron chi connectivity index (χ4n) is 4.06. The monoisotopic (exact) mass is 472 g/mol. The lowest BCUT2D eigenvalue weighted by atomic mass is 10.1. The van der Waals surface area contributed by atoms with E-state index in [1.807, 2.05) is 45.0 Å². The normalized spacial score (nSPS) is 18.6. The Labute approximate surface area is 200 Å². The van der Waals surface area contributed by atoms with Crippen LogP contribution in [0, 0.1) is 0 Å². The predicted molar refractivity (Wildman–Crippen MR) is 131 cm³/mol. The number of rotatable bonds is 2. The van der Waals surface area contributed by atoms with E-state index in [0.717, 1.165) is 55.3 Å². The molecule has 2 aliphatic heterocycles. The predicted octanol–water partition coefficient (Wildman–Crippen LogP) is 4.75. The summed E-state index contributed by atoms with van der Waals surface area (Å²) in [5, 5.41) is 10.9. The number of hydrogen-bond donors (Lipinski definition) is 2. The highest BCUT2D eigenvalue weighted by molar-refractivity contribution is 5.91. The van der Waals surface area contributed by atoms with Crippen molar-refractivity contribution in [2.45, 2.75) is 64.6 Å². The van der Waals surface area contributed by atoms with Crippen molar-refractivity contribution in [3.63, 3.8) is 0 Å². The zero-order valence-electron chi connectivity index (χ0n) is 20.3. The van der Waals surface area contributed by atoms with Gasteiger partial charge in [0, 0.05) is 31.2 Å². The third kappa shape index (κ3) is 7.40. The second kappa shape index (κ2) is 11.3. The number of nitrogen functional groups attached to an aromatic ring is 1. The minimum Gasteiger partial charge on any atom is -0.489 e. The quantitative estimate of drug-likeness (QED) is 0.648. The van der Waals surface area contributed by atoms with E-state index in [1.54, 1.807) is 11.1 Å². The third-order valence-corrected chi connectivity index (χ3v) is 5.73. The zero-order chi connectivity index (χ0) is 24.7. The van der Waals surface area contributed by atoms with Crippen molar-refractivity contribution in [1.82, 2.24) is 14.8 Å². The first-order valence-corrected chi connectivity index (χ1v) is 11.9. The van der Waals surface area contributed by atoms with Crippen LogP contribution < -0.4 is 10.5 Å². The minimum atomic E-state index is -0.888. The molecule has 2 saturated heterocycles. The van der Waals surface area contributed by atoms with Crippen molar-refractivity contribution in [1.29, 1.82) is 0 Å². The lowest BCUT2D eigenvalue weighted by Crippen LogP contribution is -2.43. The highest BCUT2D eigenvalue weighted by Gasteiger charge is 2.25. The molecular formula is C25H36N4O5. The van der Waals surface area contributed by atoms with Crippen LogP contribution in [0.5, 0.6) is 5.75 Å². The number of benzene rings is 1. The van der Waals surface area contributed by atoms with Gasteiger partial charge in [0.05, 0.1) is 6.54 Å². The van der Waals surface area contributed by atoms with Crippen LogP contribution in [0.1, 0.15) is 52.9 Å². The van der Waals surface area contributed by atoms with Crippen LogP contribution in [0.3, 0.4) is 0 Å². The number of aromatic nitrogens is 1. The molecule has 2 fully saturated rings. The van der Waals surface area contributed by atoms with Gasteiger partial charge in [-0.2, -0.15) is 0 Å². The molecule has 3 heterocycles. The first-order chi connectivity index (χ1) is 16.1. The molecule has 0 spiro atoms. The number of fused-ring (bicyclic) bond motifs is 1. The largest absolute Gasteiger partial charge is 0.489 e. The van der Waals surface area contributed by atoms with Crippen LogP contribution in [-0.4, -0.2) is 70.0 Å². The van der Waals surface area contributed by atoms with E-state index in [1.165, 1.54) is 11.3 Å². The van der Waals surface area contributed by atoms with Crippen LogP contribution in [-0.2, 0) is 4.74 Å². The Hall–Kier alpha value is -3.23. The van der Waals surface area contributed by atoms with Gasteiger partial charge in [-0.25, -0.2) is 14.6 Å². The maximum absolute atomic E-state index is 11.5. The van der Waals surface area contributed by atoms with Gasteiger partial charge in [-0.1, -0.05) is 0 Å². The number of carboxylic acid groups (broad SMARTS) is 1. The van der Waals surface area contributed by atoms with Crippen molar-refractivity contribution < 1.29 is 24.2 Å². The standard InChI is InChI=1S/C15H17N3O3.C10H19NO2/c16-14-13-4-3-11(8-10(13)5-6-17-14)21-12-2-1-7-18(9-12)15(19)20;1-10(2,3)13-9(12)11-7-5-4-6-8-11/h3-6,8,12H,1-2,7,9H2,(H2,16,17)(H,19,20);4-8H2,1-3H3/t12-;/m0./s1. The van der Waals surface area contributed by atoms with Gasteiger partial charge < -0.3 is 30.1 Å². The van der Waals surface area contributed by atoms with Crippen molar-refractivity contribution in [3.8, 4) is 5.75 Å². The Balaban J connectivity index is 0.000000215. The van der Waals surface area contributed by atoms with Crippen molar-refractivity contribution in [2.75, 3.05) is 31.9 Å². The molecule has 0 radical (unpaired) electrons. The molecule has 0 saturated carbocycles. The third-order valence-electron chi connectivity index (χ3n) is 5.73. The molecule has 1 aromatic heterocycles. The van der Waals surface area contributed by atoms with E-state index < -0.39 is 6.09 Å². The molecule has 4 rings (SSSR count). The molecule has 3 N–H and O–H groups in total. The summed E-state index contributed by atoms with van der Waals surface area (Å²) >= 11 is 0. The van der Waals surface area contributed by atoms with Gasteiger partial charge in [-0.3, -0.25) is 0 Å². The summed E-state index contributed by atoms with van der Waals surface area (Å²) in [6.07, 6.45) is 5.65. The second-order valence-electron chi connectivity index (χ2n) is 9.72. The number of likely N-dealkylation sites (tertiary alicyclic amines) is 2. The van der Waals surface area contributed by atoms with E-state index in [0.29, 0.717) is 18.9 Å². The number of anilines is 1. The van der Waals surface area contributed by atoms with Gasteiger partial charge in [0.15, 0.2) is 0 Å². The molecule has 0 aliphatic carbocycles. The van der Waals surface area contributed by atoms with Gasteiger partial charge in [0.1, 0.15) is 23.3 Å². The Morgan fingerprint density at radius 1 is 1.06 bits per heavy atom. The number of carbonyl (C=O) groups is 2. The first kappa shape index (κ1) is 25.4. The molecule has 186 valence electrons. The smallest absolute Gasteiger partial charge is 0.410 e. The molecule has 1 aromatic carbocycles. The molecule has 0 bridgehead atoms. The van der Waals surface area contributed by atoms with E-state index in [4.69, 9.17) is 20.3 Å². The van der Waals surface area contributed by atoms with Crippen LogP contribution >= 0.6 is 0 Å². The van der Waals surface area contributed by atoms with E-state index >= 15 is 0 Å². The summed E-state index contributed by atoms with van der Waals surface area (Å²) in [5.41, 5.74) is 5.45. The molecular weight excluding hydrogens is 436 g/mol. The fraction of sp³-hybridized carbons (Fsp3) is 0.560. The maximum atomic E-state index is 11.5. The molecule has 2 amide bonds. The summed E-state index contributed by atoms with van der Waals surface area (Å²) in [6.45, 7) is 8.39. The molecule has 9 heteroatoms. The van der Waals surface area contributed by atoms with Crippen LogP contribution in [0.25, 0.3) is 10.8 Å². The number of carbonyl (C=O) groups excluding carboxylic acids is 1. The summed E-state index contributed by atoms with van der Waals surface area (Å²) in [6, 6.07) is 7.51. The highest BCUT2D eigenvalue weighted by Crippen LogP contribution is 2.26. The summed E-state index contributed by atoms with van der Waals surface area (Å²) in [7, 11) is 0. The Morgan fingerprint density at radius 2 is 1.76 bits per heavy atom. The first-order valence-electron chi connectivity index (χ1n) is 11.9. The number of pyridine rings is 1. The number of nitrogens with two attached hydrogens (primary N) is 1. The highest BCUT2D eigenvalue weighted by atomic mass is 16.6. The Kier molecular flexibility index (Phi) is 8.41. The summed E-state index contributed by atoms with van der Waals surface area (Å²) in [4.78, 5) is 29.8. The van der Waals surface area contributed by atoms with Gasteiger partial charge >= 0.3 is 12.2 Å². The molecule has 34 heavy (non-hydrogen) atoms. The van der Waals surface area contributed by atoms with E-state index in [9.17, 15) is 9.59 Å². The molecule has 2 aromatic rings. The van der Waals surface area contributed by atoms with Gasteiger partial charge in [-0.05, 0) is 82.5 Å². The number of hydrogen-bond acceptors (Lipinski definition) is 6. The average molecular weight is 473 g/mol. The second-order valence-corrected chi connectivity index (χ2v) is 9.72. The number of amides is 2. The van der Waals surface area contributed by atoms with Crippen LogP contribution in [0.4, 0.5) is 15.4 Å². The zero-order valence-corrected chi connectivity index (χ0v) is 20.3.